The van der Waals surface area contributed by atoms with E-state index in [1.807, 2.05) is 25.1 Å². The van der Waals surface area contributed by atoms with Gasteiger partial charge in [0.05, 0.1) is 5.56 Å². The molecule has 0 amide bonds. The van der Waals surface area contributed by atoms with E-state index < -0.39 is 0 Å². The minimum Gasteiger partial charge on any atom is -0.486 e. The van der Waals surface area contributed by atoms with Crippen LogP contribution in [0.3, 0.4) is 0 Å². The average Bonchev–Trinajstić information content (AvgIpc) is 2.72. The van der Waals surface area contributed by atoms with E-state index in [1.165, 1.54) is 11.3 Å². The molecule has 0 spiro atoms. The first-order valence-corrected chi connectivity index (χ1v) is 6.71. The van der Waals surface area contributed by atoms with Gasteiger partial charge in [-0.15, -0.1) is 11.3 Å². The fourth-order valence-corrected chi connectivity index (χ4v) is 3.13. The molecule has 1 aliphatic rings. The highest BCUT2D eigenvalue weighted by molar-refractivity contribution is 7.16. The number of hydrogen-bond donors (Lipinski definition) is 1. The van der Waals surface area contributed by atoms with Crippen molar-refractivity contribution in [3.8, 4) is 28.7 Å². The molecule has 1 aromatic carbocycles. The van der Waals surface area contributed by atoms with Crippen LogP contribution >= 0.6 is 11.3 Å². The van der Waals surface area contributed by atoms with E-state index in [4.69, 9.17) is 15.2 Å². The number of nitrogens with two attached hydrogens (primary N) is 1. The van der Waals surface area contributed by atoms with Gasteiger partial charge in [-0.2, -0.15) is 5.26 Å². The number of thiophene rings is 1. The minimum atomic E-state index is 0.541. The summed E-state index contributed by atoms with van der Waals surface area (Å²) in [6.45, 7) is 3.08. The number of nitriles is 1. The van der Waals surface area contributed by atoms with Crippen LogP contribution in [0.4, 0.5) is 5.00 Å². The SMILES string of the molecule is Cc1sc(N)c(C#N)c1-c1ccc2c(c1)OCCO2. The number of rotatable bonds is 1. The lowest BCUT2D eigenvalue weighted by molar-refractivity contribution is 0.171. The molecular formula is C14H12N2O2S. The lowest BCUT2D eigenvalue weighted by Gasteiger charge is -2.19. The Labute approximate surface area is 115 Å². The molecule has 96 valence electrons. The molecule has 0 aliphatic carbocycles. The molecule has 0 unspecified atom stereocenters. The van der Waals surface area contributed by atoms with Crippen molar-refractivity contribution in [3.05, 3.63) is 28.6 Å². The number of fused-ring (bicyclic) bond motifs is 1. The number of benzene rings is 1. The fourth-order valence-electron chi connectivity index (χ4n) is 2.22. The summed E-state index contributed by atoms with van der Waals surface area (Å²) in [6, 6.07) is 7.89. The summed E-state index contributed by atoms with van der Waals surface area (Å²) in [5, 5.41) is 9.79. The second kappa shape index (κ2) is 4.48. The number of ether oxygens (including phenoxy) is 2. The van der Waals surface area contributed by atoms with Crippen LogP contribution in [0.5, 0.6) is 11.5 Å². The number of nitrogen functional groups attached to an aromatic ring is 1. The molecule has 0 radical (unpaired) electrons. The van der Waals surface area contributed by atoms with Crippen molar-refractivity contribution >= 4 is 16.3 Å². The van der Waals surface area contributed by atoms with E-state index in [-0.39, 0.29) is 0 Å². The topological polar surface area (TPSA) is 68.3 Å². The third kappa shape index (κ3) is 1.90. The van der Waals surface area contributed by atoms with E-state index in [0.717, 1.165) is 27.5 Å². The third-order valence-corrected chi connectivity index (χ3v) is 3.99. The predicted octanol–water partition coefficient (Wildman–Crippen LogP) is 2.95. The number of nitrogens with zero attached hydrogens (tertiary/aromatic N) is 1. The van der Waals surface area contributed by atoms with Crippen LogP contribution in [-0.2, 0) is 0 Å². The Morgan fingerprint density at radius 2 is 2.00 bits per heavy atom. The molecule has 1 aliphatic heterocycles. The first-order chi connectivity index (χ1) is 9.20. The van der Waals surface area contributed by atoms with Gasteiger partial charge in [-0.3, -0.25) is 0 Å². The van der Waals surface area contributed by atoms with Crippen molar-refractivity contribution < 1.29 is 9.47 Å². The molecule has 19 heavy (non-hydrogen) atoms. The van der Waals surface area contributed by atoms with Gasteiger partial charge in [0.2, 0.25) is 0 Å². The minimum absolute atomic E-state index is 0.541. The van der Waals surface area contributed by atoms with E-state index in [9.17, 15) is 5.26 Å². The predicted molar refractivity (Wildman–Crippen MR) is 74.6 cm³/mol. The summed E-state index contributed by atoms with van der Waals surface area (Å²) < 4.78 is 11.1. The summed E-state index contributed by atoms with van der Waals surface area (Å²) in [6.07, 6.45) is 0. The maximum absolute atomic E-state index is 9.23. The third-order valence-electron chi connectivity index (χ3n) is 3.05. The first-order valence-electron chi connectivity index (χ1n) is 5.89. The highest BCUT2D eigenvalue weighted by atomic mass is 32.1. The maximum atomic E-state index is 9.23. The molecule has 2 N–H and O–H groups in total. The van der Waals surface area contributed by atoms with Crippen molar-refractivity contribution in [1.82, 2.24) is 0 Å². The first kappa shape index (κ1) is 11.9. The quantitative estimate of drug-likeness (QED) is 0.866. The molecule has 2 heterocycles. The van der Waals surface area contributed by atoms with Crippen molar-refractivity contribution in [1.29, 1.82) is 5.26 Å². The molecule has 3 rings (SSSR count). The van der Waals surface area contributed by atoms with Gasteiger partial charge >= 0.3 is 0 Å². The van der Waals surface area contributed by atoms with Crippen LogP contribution in [-0.4, -0.2) is 13.2 Å². The lowest BCUT2D eigenvalue weighted by Crippen LogP contribution is -2.15. The average molecular weight is 272 g/mol. The van der Waals surface area contributed by atoms with Gasteiger partial charge in [0, 0.05) is 10.4 Å². The zero-order valence-corrected chi connectivity index (χ0v) is 11.2. The second-order valence-electron chi connectivity index (χ2n) is 4.24. The van der Waals surface area contributed by atoms with E-state index in [2.05, 4.69) is 6.07 Å². The molecule has 2 aromatic rings. The van der Waals surface area contributed by atoms with Crippen LogP contribution in [0.1, 0.15) is 10.4 Å². The molecule has 4 nitrogen and oxygen atoms in total. The molecule has 0 atom stereocenters. The molecule has 0 saturated carbocycles. The zero-order valence-electron chi connectivity index (χ0n) is 10.4. The summed E-state index contributed by atoms with van der Waals surface area (Å²) in [7, 11) is 0. The fraction of sp³-hybridized carbons (Fsp3) is 0.214. The highest BCUT2D eigenvalue weighted by Gasteiger charge is 2.18. The Morgan fingerprint density at radius 3 is 2.74 bits per heavy atom. The van der Waals surface area contributed by atoms with Crippen LogP contribution in [0.25, 0.3) is 11.1 Å². The lowest BCUT2D eigenvalue weighted by atomic mass is 10.0. The molecular weight excluding hydrogens is 260 g/mol. The number of anilines is 1. The normalized spacial score (nSPS) is 13.1. The molecule has 0 fully saturated rings. The molecule has 0 saturated heterocycles. The second-order valence-corrected chi connectivity index (χ2v) is 5.50. The van der Waals surface area contributed by atoms with Crippen molar-refractivity contribution in [3.63, 3.8) is 0 Å². The summed E-state index contributed by atoms with van der Waals surface area (Å²) in [5.41, 5.74) is 8.24. The molecule has 5 heteroatoms. The Balaban J connectivity index is 2.15. The van der Waals surface area contributed by atoms with E-state index in [0.29, 0.717) is 23.8 Å². The van der Waals surface area contributed by atoms with Crippen molar-refractivity contribution in [2.24, 2.45) is 0 Å². The Kier molecular flexibility index (Phi) is 2.80. The zero-order chi connectivity index (χ0) is 13.4. The maximum Gasteiger partial charge on any atom is 0.161 e. The van der Waals surface area contributed by atoms with E-state index >= 15 is 0 Å². The smallest absolute Gasteiger partial charge is 0.161 e. The van der Waals surface area contributed by atoms with Gasteiger partial charge in [-0.1, -0.05) is 6.07 Å². The van der Waals surface area contributed by atoms with Gasteiger partial charge in [0.15, 0.2) is 11.5 Å². The largest absolute Gasteiger partial charge is 0.486 e. The summed E-state index contributed by atoms with van der Waals surface area (Å²) in [4.78, 5) is 1.03. The monoisotopic (exact) mass is 272 g/mol. The van der Waals surface area contributed by atoms with Crippen LogP contribution in [0.2, 0.25) is 0 Å². The summed E-state index contributed by atoms with van der Waals surface area (Å²) in [5.74, 6) is 1.46. The number of aryl methyl sites for hydroxylation is 1. The Bertz CT molecular complexity index is 685. The van der Waals surface area contributed by atoms with Gasteiger partial charge in [0.25, 0.3) is 0 Å². The van der Waals surface area contributed by atoms with Crippen LogP contribution < -0.4 is 15.2 Å². The van der Waals surface area contributed by atoms with Crippen LogP contribution in [0.15, 0.2) is 18.2 Å². The number of hydrogen-bond acceptors (Lipinski definition) is 5. The van der Waals surface area contributed by atoms with Gasteiger partial charge in [-0.05, 0) is 24.6 Å². The Hall–Kier alpha value is -2.19. The van der Waals surface area contributed by atoms with Crippen molar-refractivity contribution in [2.75, 3.05) is 18.9 Å². The van der Waals surface area contributed by atoms with Crippen molar-refractivity contribution in [2.45, 2.75) is 6.92 Å². The standard InChI is InChI=1S/C14H12N2O2S/c1-8-13(10(7-15)14(16)19-8)9-2-3-11-12(6-9)18-5-4-17-11/h2-3,6H,4-5,16H2,1H3. The highest BCUT2D eigenvalue weighted by Crippen LogP contribution is 2.41. The Morgan fingerprint density at radius 1 is 1.26 bits per heavy atom. The van der Waals surface area contributed by atoms with Gasteiger partial charge < -0.3 is 15.2 Å². The van der Waals surface area contributed by atoms with Gasteiger partial charge in [0.1, 0.15) is 24.3 Å². The molecule has 1 aromatic heterocycles. The van der Waals surface area contributed by atoms with Gasteiger partial charge in [-0.25, -0.2) is 0 Å². The summed E-state index contributed by atoms with van der Waals surface area (Å²) >= 11 is 1.44. The van der Waals surface area contributed by atoms with E-state index in [1.54, 1.807) is 0 Å². The molecule has 0 bridgehead atoms. The van der Waals surface area contributed by atoms with Crippen LogP contribution in [0, 0.1) is 18.3 Å².